The van der Waals surface area contributed by atoms with Gasteiger partial charge < -0.3 is 5.32 Å². The maximum atomic E-state index is 12.5. The number of anilines is 1. The van der Waals surface area contributed by atoms with Gasteiger partial charge in [0.2, 0.25) is 5.91 Å². The first kappa shape index (κ1) is 20.6. The number of hydrogen-bond donors (Lipinski definition) is 1. The van der Waals surface area contributed by atoms with Gasteiger partial charge in [0.15, 0.2) is 0 Å². The van der Waals surface area contributed by atoms with Crippen LogP contribution in [0.1, 0.15) is 34.9 Å². The number of piperazine rings is 1. The second-order valence-corrected chi connectivity index (χ2v) is 7.97. The van der Waals surface area contributed by atoms with Crippen molar-refractivity contribution in [2.75, 3.05) is 38.0 Å². The van der Waals surface area contributed by atoms with Crippen LogP contribution in [0.5, 0.6) is 0 Å². The third kappa shape index (κ3) is 5.00. The van der Waals surface area contributed by atoms with Gasteiger partial charge in [-0.15, -0.1) is 0 Å². The van der Waals surface area contributed by atoms with Crippen molar-refractivity contribution in [2.45, 2.75) is 47.7 Å². The van der Waals surface area contributed by atoms with Gasteiger partial charge in [-0.05, 0) is 45.7 Å². The number of benzene rings is 1. The third-order valence-electron chi connectivity index (χ3n) is 5.54. The first-order chi connectivity index (χ1) is 13.4. The number of aromatic nitrogens is 2. The molecule has 0 radical (unpaired) electrons. The van der Waals surface area contributed by atoms with E-state index < -0.39 is 0 Å². The predicted molar refractivity (Wildman–Crippen MR) is 114 cm³/mol. The van der Waals surface area contributed by atoms with Gasteiger partial charge in [0.25, 0.3) is 0 Å². The maximum Gasteiger partial charge on any atom is 0.238 e. The van der Waals surface area contributed by atoms with Crippen molar-refractivity contribution in [1.82, 2.24) is 19.6 Å². The minimum Gasteiger partial charge on any atom is -0.324 e. The second-order valence-electron chi connectivity index (χ2n) is 7.97. The Morgan fingerprint density at radius 1 is 1.04 bits per heavy atom. The van der Waals surface area contributed by atoms with Crippen LogP contribution in [0.2, 0.25) is 0 Å². The molecule has 6 heteroatoms. The minimum atomic E-state index is 0.0727. The lowest BCUT2D eigenvalue weighted by Crippen LogP contribution is -2.48. The highest BCUT2D eigenvalue weighted by Gasteiger charge is 2.20. The van der Waals surface area contributed by atoms with Gasteiger partial charge >= 0.3 is 0 Å². The van der Waals surface area contributed by atoms with E-state index in [9.17, 15) is 4.79 Å². The van der Waals surface area contributed by atoms with Crippen molar-refractivity contribution in [1.29, 1.82) is 0 Å². The summed E-state index contributed by atoms with van der Waals surface area (Å²) in [7, 11) is 0. The summed E-state index contributed by atoms with van der Waals surface area (Å²) in [6, 6.07) is 4.23. The quantitative estimate of drug-likeness (QED) is 0.833. The van der Waals surface area contributed by atoms with Crippen LogP contribution in [0.4, 0.5) is 5.69 Å². The van der Waals surface area contributed by atoms with E-state index in [1.54, 1.807) is 0 Å². The van der Waals surface area contributed by atoms with Crippen molar-refractivity contribution in [3.63, 3.8) is 0 Å². The topological polar surface area (TPSA) is 53.4 Å². The molecule has 6 nitrogen and oxygen atoms in total. The molecule has 0 atom stereocenters. The van der Waals surface area contributed by atoms with Gasteiger partial charge in [-0.2, -0.15) is 5.10 Å². The lowest BCUT2D eigenvalue weighted by Gasteiger charge is -2.34. The van der Waals surface area contributed by atoms with E-state index >= 15 is 0 Å². The molecule has 0 saturated carbocycles. The fourth-order valence-corrected chi connectivity index (χ4v) is 3.98. The molecule has 1 N–H and O–H groups in total. The lowest BCUT2D eigenvalue weighted by atomic mass is 10.1. The van der Waals surface area contributed by atoms with E-state index in [0.29, 0.717) is 6.54 Å². The van der Waals surface area contributed by atoms with Crippen LogP contribution < -0.4 is 5.32 Å². The highest BCUT2D eigenvalue weighted by atomic mass is 16.2. The molecule has 1 saturated heterocycles. The van der Waals surface area contributed by atoms with E-state index in [1.165, 1.54) is 11.1 Å². The van der Waals surface area contributed by atoms with Gasteiger partial charge in [-0.25, -0.2) is 0 Å². The Bertz CT molecular complexity index is 810. The van der Waals surface area contributed by atoms with Crippen LogP contribution in [0.25, 0.3) is 0 Å². The molecule has 2 heterocycles. The van der Waals surface area contributed by atoms with E-state index in [4.69, 9.17) is 0 Å². The Kier molecular flexibility index (Phi) is 6.52. The Balaban J connectivity index is 1.49. The van der Waals surface area contributed by atoms with Crippen molar-refractivity contribution in [3.8, 4) is 0 Å². The summed E-state index contributed by atoms with van der Waals surface area (Å²) in [4.78, 5) is 17.2. The molecule has 0 aliphatic carbocycles. The average molecular weight is 384 g/mol. The van der Waals surface area contributed by atoms with Gasteiger partial charge in [0, 0.05) is 56.7 Å². The molecule has 1 aromatic carbocycles. The zero-order valence-corrected chi connectivity index (χ0v) is 17.9. The average Bonchev–Trinajstić information content (AvgIpc) is 2.99. The van der Waals surface area contributed by atoms with E-state index in [1.807, 2.05) is 4.68 Å². The molecule has 0 bridgehead atoms. The number of aryl methyl sites for hydroxylation is 5. The van der Waals surface area contributed by atoms with Crippen molar-refractivity contribution in [2.24, 2.45) is 0 Å². The Morgan fingerprint density at radius 3 is 2.21 bits per heavy atom. The fraction of sp³-hybridized carbons (Fsp3) is 0.545. The highest BCUT2D eigenvalue weighted by Crippen LogP contribution is 2.22. The Labute approximate surface area is 168 Å². The molecule has 0 unspecified atom stereocenters. The summed E-state index contributed by atoms with van der Waals surface area (Å²) in [6.07, 6.45) is 2.15. The van der Waals surface area contributed by atoms with Gasteiger partial charge in [-0.1, -0.05) is 17.7 Å². The summed E-state index contributed by atoms with van der Waals surface area (Å²) in [5.74, 6) is 0.0727. The van der Waals surface area contributed by atoms with Crippen LogP contribution >= 0.6 is 0 Å². The Morgan fingerprint density at radius 2 is 1.64 bits per heavy atom. The summed E-state index contributed by atoms with van der Waals surface area (Å²) < 4.78 is 2.00. The normalized spacial score (nSPS) is 15.8. The lowest BCUT2D eigenvalue weighted by molar-refractivity contribution is -0.117. The predicted octanol–water partition coefficient (Wildman–Crippen LogP) is 2.89. The molecule has 1 fully saturated rings. The molecular weight excluding hydrogens is 350 g/mol. The molecule has 3 rings (SSSR count). The summed E-state index contributed by atoms with van der Waals surface area (Å²) in [5, 5.41) is 7.65. The number of hydrogen-bond acceptors (Lipinski definition) is 4. The zero-order chi connectivity index (χ0) is 20.3. The van der Waals surface area contributed by atoms with E-state index in [-0.39, 0.29) is 5.91 Å². The fourth-order valence-electron chi connectivity index (χ4n) is 3.98. The number of rotatable bonds is 6. The standard InChI is InChI=1S/C22H33N5O/c1-6-27-14-20(19(5)24-27)13-25-7-9-26(10-8-25)15-21(28)23-22-17(3)11-16(2)12-18(22)4/h11-12,14H,6-10,13,15H2,1-5H3,(H,23,28). The molecular formula is C22H33N5O. The van der Waals surface area contributed by atoms with Gasteiger partial charge in [-0.3, -0.25) is 19.3 Å². The zero-order valence-electron chi connectivity index (χ0n) is 17.9. The highest BCUT2D eigenvalue weighted by molar-refractivity contribution is 5.93. The van der Waals surface area contributed by atoms with Gasteiger partial charge in [0.05, 0.1) is 12.2 Å². The van der Waals surface area contributed by atoms with Crippen molar-refractivity contribution < 1.29 is 4.79 Å². The summed E-state index contributed by atoms with van der Waals surface area (Å²) >= 11 is 0. The van der Waals surface area contributed by atoms with Gasteiger partial charge in [0.1, 0.15) is 0 Å². The van der Waals surface area contributed by atoms with Crippen molar-refractivity contribution in [3.05, 3.63) is 46.3 Å². The summed E-state index contributed by atoms with van der Waals surface area (Å²) in [6.45, 7) is 16.5. The summed E-state index contributed by atoms with van der Waals surface area (Å²) in [5.41, 5.74) is 6.85. The number of amides is 1. The second kappa shape index (κ2) is 8.88. The maximum absolute atomic E-state index is 12.5. The molecule has 1 aliphatic rings. The van der Waals surface area contributed by atoms with E-state index in [2.05, 4.69) is 73.2 Å². The molecule has 1 aliphatic heterocycles. The minimum absolute atomic E-state index is 0.0727. The molecule has 152 valence electrons. The largest absolute Gasteiger partial charge is 0.324 e. The molecule has 2 aromatic rings. The van der Waals surface area contributed by atoms with Crippen LogP contribution in [0.3, 0.4) is 0 Å². The van der Waals surface area contributed by atoms with Crippen LogP contribution in [0.15, 0.2) is 18.3 Å². The SMILES string of the molecule is CCn1cc(CN2CCN(CC(=O)Nc3c(C)cc(C)cc3C)CC2)c(C)n1. The van der Waals surface area contributed by atoms with Crippen LogP contribution in [0, 0.1) is 27.7 Å². The number of nitrogens with zero attached hydrogens (tertiary/aromatic N) is 4. The number of carbonyl (C=O) groups is 1. The Hall–Kier alpha value is -2.18. The molecule has 1 amide bonds. The van der Waals surface area contributed by atoms with E-state index in [0.717, 1.165) is 61.8 Å². The van der Waals surface area contributed by atoms with Crippen LogP contribution in [-0.2, 0) is 17.9 Å². The first-order valence-corrected chi connectivity index (χ1v) is 10.2. The van der Waals surface area contributed by atoms with Crippen molar-refractivity contribution >= 4 is 11.6 Å². The first-order valence-electron chi connectivity index (χ1n) is 10.2. The molecule has 0 spiro atoms. The number of nitrogens with one attached hydrogen (secondary N) is 1. The molecule has 28 heavy (non-hydrogen) atoms. The number of carbonyl (C=O) groups excluding carboxylic acids is 1. The smallest absolute Gasteiger partial charge is 0.238 e. The monoisotopic (exact) mass is 383 g/mol. The molecule has 1 aromatic heterocycles. The van der Waals surface area contributed by atoms with Crippen LogP contribution in [-0.4, -0.2) is 58.2 Å². The third-order valence-corrected chi connectivity index (χ3v) is 5.54.